The molecule has 0 radical (unpaired) electrons. The van der Waals surface area contributed by atoms with Crippen molar-refractivity contribution < 1.29 is 4.74 Å². The third-order valence-corrected chi connectivity index (χ3v) is 5.51. The maximum Gasteiger partial charge on any atom is 0.188 e. The van der Waals surface area contributed by atoms with Crippen molar-refractivity contribution in [2.24, 2.45) is 0 Å². The Morgan fingerprint density at radius 1 is 1.24 bits per heavy atom. The summed E-state index contributed by atoms with van der Waals surface area (Å²) >= 11 is 0. The second-order valence-electron chi connectivity index (χ2n) is 7.44. The van der Waals surface area contributed by atoms with Crippen LogP contribution in [0.1, 0.15) is 37.3 Å². The van der Waals surface area contributed by atoms with Crippen molar-refractivity contribution in [2.75, 3.05) is 6.61 Å². The zero-order valence-corrected chi connectivity index (χ0v) is 16.1. The molecule has 0 unspecified atom stereocenters. The lowest BCUT2D eigenvalue weighted by atomic mass is 10.0. The SMILES string of the molecule is [C-]#[N+]c1ccc2ncc3nc(Cc4ccncn4)n([C@@H]4CCO[C@H](C)C4)c3c2c1. The van der Waals surface area contributed by atoms with Gasteiger partial charge < -0.3 is 9.30 Å². The average Bonchev–Trinajstić information content (AvgIpc) is 3.12. The smallest absolute Gasteiger partial charge is 0.188 e. The van der Waals surface area contributed by atoms with Crippen molar-refractivity contribution in [2.45, 2.75) is 38.3 Å². The molecule has 0 spiro atoms. The van der Waals surface area contributed by atoms with Crippen LogP contribution in [0.5, 0.6) is 0 Å². The number of hydrogen-bond acceptors (Lipinski definition) is 5. The van der Waals surface area contributed by atoms with E-state index in [9.17, 15) is 0 Å². The van der Waals surface area contributed by atoms with E-state index in [4.69, 9.17) is 16.3 Å². The van der Waals surface area contributed by atoms with Gasteiger partial charge in [0, 0.05) is 30.7 Å². The summed E-state index contributed by atoms with van der Waals surface area (Å²) in [7, 11) is 0. The molecule has 3 aromatic heterocycles. The quantitative estimate of drug-likeness (QED) is 0.494. The number of nitrogens with zero attached hydrogens (tertiary/aromatic N) is 6. The molecule has 1 aromatic carbocycles. The van der Waals surface area contributed by atoms with Gasteiger partial charge in [-0.25, -0.2) is 19.8 Å². The minimum atomic E-state index is 0.199. The van der Waals surface area contributed by atoms with Crippen molar-refractivity contribution in [1.29, 1.82) is 0 Å². The molecule has 29 heavy (non-hydrogen) atoms. The number of aromatic nitrogens is 5. The van der Waals surface area contributed by atoms with Crippen LogP contribution in [0.25, 0.3) is 26.8 Å². The first-order valence-corrected chi connectivity index (χ1v) is 9.76. The van der Waals surface area contributed by atoms with Gasteiger partial charge in [0.1, 0.15) is 17.7 Å². The summed E-state index contributed by atoms with van der Waals surface area (Å²) in [5.74, 6) is 0.959. The molecule has 1 aliphatic heterocycles. The number of hydrogen-bond donors (Lipinski definition) is 0. The normalized spacial score (nSPS) is 19.4. The molecule has 7 nitrogen and oxygen atoms in total. The van der Waals surface area contributed by atoms with Gasteiger partial charge in [-0.2, -0.15) is 0 Å². The fraction of sp³-hybridized carbons (Fsp3) is 0.318. The predicted octanol–water partition coefficient (Wildman–Crippen LogP) is 4.26. The number of rotatable bonds is 3. The first kappa shape index (κ1) is 17.7. The van der Waals surface area contributed by atoms with Crippen molar-refractivity contribution in [3.63, 3.8) is 0 Å². The molecule has 2 atom stereocenters. The minimum Gasteiger partial charge on any atom is -0.378 e. The highest BCUT2D eigenvalue weighted by atomic mass is 16.5. The molecule has 1 fully saturated rings. The lowest BCUT2D eigenvalue weighted by Gasteiger charge is -2.30. The first-order chi connectivity index (χ1) is 14.2. The van der Waals surface area contributed by atoms with E-state index in [0.717, 1.165) is 52.9 Å². The highest BCUT2D eigenvalue weighted by Gasteiger charge is 2.26. The Bertz CT molecular complexity index is 1230. The van der Waals surface area contributed by atoms with Gasteiger partial charge in [0.25, 0.3) is 0 Å². The van der Waals surface area contributed by atoms with Gasteiger partial charge in [-0.3, -0.25) is 4.98 Å². The summed E-state index contributed by atoms with van der Waals surface area (Å²) in [5, 5.41) is 0.969. The predicted molar refractivity (Wildman–Crippen MR) is 110 cm³/mol. The Balaban J connectivity index is 1.76. The number of imidazole rings is 1. The molecule has 0 aliphatic carbocycles. The van der Waals surface area contributed by atoms with Crippen molar-refractivity contribution in [1.82, 2.24) is 24.5 Å². The Morgan fingerprint density at radius 2 is 2.17 bits per heavy atom. The lowest BCUT2D eigenvalue weighted by Crippen LogP contribution is -2.26. The van der Waals surface area contributed by atoms with Gasteiger partial charge >= 0.3 is 0 Å². The standard InChI is InChI=1S/C22H20N6O/c1-14-9-17(6-8-29-14)28-21(11-16-5-7-24-13-26-16)27-20-12-25-19-4-3-15(23-2)10-18(19)22(20)28/h3-5,7,10,12-14,17H,6,8-9,11H2,1H3/t14-,17-/m1/s1. The molecule has 1 saturated heterocycles. The Kier molecular flexibility index (Phi) is 4.41. The fourth-order valence-electron chi connectivity index (χ4n) is 4.19. The summed E-state index contributed by atoms with van der Waals surface area (Å²) in [6, 6.07) is 7.85. The molecule has 144 valence electrons. The average molecular weight is 384 g/mol. The monoisotopic (exact) mass is 384 g/mol. The first-order valence-electron chi connectivity index (χ1n) is 9.76. The van der Waals surface area contributed by atoms with E-state index in [0.29, 0.717) is 12.1 Å². The molecular formula is C22H20N6O. The Morgan fingerprint density at radius 3 is 2.97 bits per heavy atom. The van der Waals surface area contributed by atoms with Crippen molar-refractivity contribution in [3.8, 4) is 0 Å². The van der Waals surface area contributed by atoms with E-state index in [1.807, 2.05) is 30.5 Å². The molecule has 4 heterocycles. The number of fused-ring (bicyclic) bond motifs is 3. The van der Waals surface area contributed by atoms with E-state index in [1.54, 1.807) is 12.5 Å². The van der Waals surface area contributed by atoms with Crippen LogP contribution in [0.4, 0.5) is 5.69 Å². The highest BCUT2D eigenvalue weighted by Crippen LogP contribution is 2.35. The van der Waals surface area contributed by atoms with Gasteiger partial charge in [0.05, 0.1) is 35.6 Å². The fourth-order valence-corrected chi connectivity index (χ4v) is 4.19. The molecule has 0 N–H and O–H groups in total. The number of ether oxygens (including phenoxy) is 1. The molecule has 0 amide bonds. The Hall–Kier alpha value is -3.37. The second kappa shape index (κ2) is 7.22. The zero-order chi connectivity index (χ0) is 19.8. The number of benzene rings is 1. The summed E-state index contributed by atoms with van der Waals surface area (Å²) in [4.78, 5) is 21.5. The van der Waals surface area contributed by atoms with Gasteiger partial charge in [-0.1, -0.05) is 6.07 Å². The van der Waals surface area contributed by atoms with Crippen LogP contribution in [0, 0.1) is 6.57 Å². The van der Waals surface area contributed by atoms with Crippen molar-refractivity contribution >= 4 is 27.6 Å². The van der Waals surface area contributed by atoms with Crippen LogP contribution in [-0.4, -0.2) is 37.2 Å². The molecular weight excluding hydrogens is 364 g/mol. The van der Waals surface area contributed by atoms with Gasteiger partial charge in [0.15, 0.2) is 5.69 Å². The number of pyridine rings is 1. The van der Waals surface area contributed by atoms with Crippen LogP contribution in [0.3, 0.4) is 0 Å². The summed E-state index contributed by atoms with van der Waals surface area (Å²) < 4.78 is 8.14. The van der Waals surface area contributed by atoms with E-state index in [1.165, 1.54) is 0 Å². The Labute approximate surface area is 168 Å². The summed E-state index contributed by atoms with van der Waals surface area (Å²) in [6.07, 6.45) is 7.83. The van der Waals surface area contributed by atoms with Gasteiger partial charge in [0.2, 0.25) is 0 Å². The molecule has 0 bridgehead atoms. The van der Waals surface area contributed by atoms with Gasteiger partial charge in [-0.15, -0.1) is 0 Å². The third kappa shape index (κ3) is 3.22. The van der Waals surface area contributed by atoms with Crippen LogP contribution in [0.2, 0.25) is 0 Å². The van der Waals surface area contributed by atoms with Crippen LogP contribution >= 0.6 is 0 Å². The largest absolute Gasteiger partial charge is 0.378 e. The van der Waals surface area contributed by atoms with Crippen LogP contribution in [0.15, 0.2) is 43.0 Å². The van der Waals surface area contributed by atoms with Gasteiger partial charge in [-0.05, 0) is 38.0 Å². The van der Waals surface area contributed by atoms with Crippen LogP contribution < -0.4 is 0 Å². The molecule has 7 heteroatoms. The van der Waals surface area contributed by atoms with E-state index >= 15 is 0 Å². The third-order valence-electron chi connectivity index (χ3n) is 5.51. The molecule has 1 aliphatic rings. The maximum atomic E-state index is 7.41. The summed E-state index contributed by atoms with van der Waals surface area (Å²) in [6.45, 7) is 10.3. The molecule has 0 saturated carbocycles. The maximum absolute atomic E-state index is 7.41. The topological polar surface area (TPSA) is 70.1 Å². The highest BCUT2D eigenvalue weighted by molar-refractivity contribution is 6.03. The van der Waals surface area contributed by atoms with E-state index in [-0.39, 0.29) is 12.1 Å². The molecule has 5 rings (SSSR count). The second-order valence-corrected chi connectivity index (χ2v) is 7.44. The van der Waals surface area contributed by atoms with Crippen LogP contribution in [-0.2, 0) is 11.2 Å². The summed E-state index contributed by atoms with van der Waals surface area (Å²) in [5.41, 5.74) is 4.30. The molecule has 4 aromatic rings. The minimum absolute atomic E-state index is 0.199. The van der Waals surface area contributed by atoms with E-state index in [2.05, 4.69) is 31.3 Å². The zero-order valence-electron chi connectivity index (χ0n) is 16.1. The lowest BCUT2D eigenvalue weighted by molar-refractivity contribution is 0.00631. The van der Waals surface area contributed by atoms with E-state index < -0.39 is 0 Å². The van der Waals surface area contributed by atoms with Crippen molar-refractivity contribution in [3.05, 3.63) is 65.9 Å².